The van der Waals surface area contributed by atoms with Gasteiger partial charge in [0.25, 0.3) is 11.6 Å². The molecule has 102 valence electrons. The van der Waals surface area contributed by atoms with Crippen molar-refractivity contribution >= 4 is 27.5 Å². The largest absolute Gasteiger partial charge is 0.339 e. The Kier molecular flexibility index (Phi) is 4.16. The first-order chi connectivity index (χ1) is 8.97. The lowest BCUT2D eigenvalue weighted by Crippen LogP contribution is -2.42. The smallest absolute Gasteiger partial charge is 0.271 e. The summed E-state index contributed by atoms with van der Waals surface area (Å²) in [5.41, 5.74) is 6.03. The highest BCUT2D eigenvalue weighted by atomic mass is 79.9. The second kappa shape index (κ2) is 5.66. The highest BCUT2D eigenvalue weighted by Gasteiger charge is 2.23. The van der Waals surface area contributed by atoms with Gasteiger partial charge in [-0.2, -0.15) is 0 Å². The van der Waals surface area contributed by atoms with Gasteiger partial charge in [-0.3, -0.25) is 14.9 Å². The van der Waals surface area contributed by atoms with Crippen molar-refractivity contribution in [2.24, 2.45) is 5.73 Å². The van der Waals surface area contributed by atoms with E-state index in [0.29, 0.717) is 23.1 Å². The summed E-state index contributed by atoms with van der Waals surface area (Å²) >= 11 is 3.19. The van der Waals surface area contributed by atoms with Gasteiger partial charge in [0.1, 0.15) is 0 Å². The van der Waals surface area contributed by atoms with Crippen molar-refractivity contribution in [3.8, 4) is 0 Å². The minimum Gasteiger partial charge on any atom is -0.339 e. The highest BCUT2D eigenvalue weighted by Crippen LogP contribution is 2.23. The Morgan fingerprint density at radius 2 is 2.00 bits per heavy atom. The Morgan fingerprint density at radius 1 is 1.37 bits per heavy atom. The SMILES string of the molecule is NC1CCN(C(=O)c2cc(Br)cc([N+](=O)[O-])c2)CC1. The molecule has 0 aromatic heterocycles. The summed E-state index contributed by atoms with van der Waals surface area (Å²) in [5.74, 6) is -0.184. The third-order valence-corrected chi connectivity index (χ3v) is 3.62. The molecule has 2 rings (SSSR count). The summed E-state index contributed by atoms with van der Waals surface area (Å²) in [6, 6.07) is 4.43. The van der Waals surface area contributed by atoms with Crippen LogP contribution in [-0.2, 0) is 0 Å². The Bertz CT molecular complexity index is 513. The molecule has 0 radical (unpaired) electrons. The number of nitro benzene ring substituents is 1. The average Bonchev–Trinajstić information content (AvgIpc) is 2.38. The lowest BCUT2D eigenvalue weighted by atomic mass is 10.0. The third-order valence-electron chi connectivity index (χ3n) is 3.17. The van der Waals surface area contributed by atoms with Crippen LogP contribution in [0.5, 0.6) is 0 Å². The summed E-state index contributed by atoms with van der Waals surface area (Å²) in [4.78, 5) is 24.2. The minimum absolute atomic E-state index is 0.0913. The zero-order chi connectivity index (χ0) is 14.0. The molecular formula is C12H14BrN3O3. The van der Waals surface area contributed by atoms with Crippen molar-refractivity contribution in [2.75, 3.05) is 13.1 Å². The third kappa shape index (κ3) is 3.30. The molecule has 1 amide bonds. The van der Waals surface area contributed by atoms with Crippen molar-refractivity contribution in [3.05, 3.63) is 38.3 Å². The van der Waals surface area contributed by atoms with Crippen molar-refractivity contribution in [2.45, 2.75) is 18.9 Å². The standard InChI is InChI=1S/C12H14BrN3O3/c13-9-5-8(6-11(7-9)16(18)19)12(17)15-3-1-10(14)2-4-15/h5-7,10H,1-4,14H2. The number of nitrogens with two attached hydrogens (primary N) is 1. The Hall–Kier alpha value is -1.47. The molecule has 2 N–H and O–H groups in total. The fourth-order valence-corrected chi connectivity index (χ4v) is 2.57. The molecule has 1 aromatic rings. The normalized spacial score (nSPS) is 16.4. The zero-order valence-electron chi connectivity index (χ0n) is 10.2. The highest BCUT2D eigenvalue weighted by molar-refractivity contribution is 9.10. The van der Waals surface area contributed by atoms with E-state index < -0.39 is 4.92 Å². The monoisotopic (exact) mass is 327 g/mol. The minimum atomic E-state index is -0.506. The molecule has 0 spiro atoms. The van der Waals surface area contributed by atoms with Crippen LogP contribution in [0.4, 0.5) is 5.69 Å². The molecule has 0 bridgehead atoms. The lowest BCUT2D eigenvalue weighted by Gasteiger charge is -2.30. The van der Waals surface area contributed by atoms with Crippen LogP contribution in [0, 0.1) is 10.1 Å². The first kappa shape index (κ1) is 14.0. The number of non-ortho nitro benzene ring substituents is 1. The van der Waals surface area contributed by atoms with Gasteiger partial charge in [0.2, 0.25) is 0 Å². The van der Waals surface area contributed by atoms with E-state index in [1.54, 1.807) is 11.0 Å². The van der Waals surface area contributed by atoms with E-state index in [1.807, 2.05) is 0 Å². The van der Waals surface area contributed by atoms with Gasteiger partial charge in [-0.25, -0.2) is 0 Å². The lowest BCUT2D eigenvalue weighted by molar-refractivity contribution is -0.385. The predicted molar refractivity (Wildman–Crippen MR) is 73.9 cm³/mol. The number of likely N-dealkylation sites (tertiary alicyclic amines) is 1. The van der Waals surface area contributed by atoms with Gasteiger partial charge >= 0.3 is 0 Å². The number of amides is 1. The van der Waals surface area contributed by atoms with Gasteiger partial charge in [-0.15, -0.1) is 0 Å². The van der Waals surface area contributed by atoms with Crippen LogP contribution in [0.15, 0.2) is 22.7 Å². The summed E-state index contributed by atoms with van der Waals surface area (Å²) in [7, 11) is 0. The van der Waals surface area contributed by atoms with Gasteiger partial charge in [-0.1, -0.05) is 15.9 Å². The molecule has 1 aliphatic rings. The fourth-order valence-electron chi connectivity index (χ4n) is 2.09. The number of nitrogens with zero attached hydrogens (tertiary/aromatic N) is 2. The number of hydrogen-bond donors (Lipinski definition) is 1. The number of carbonyl (C=O) groups is 1. The van der Waals surface area contributed by atoms with Crippen LogP contribution in [0.3, 0.4) is 0 Å². The quantitative estimate of drug-likeness (QED) is 0.663. The maximum Gasteiger partial charge on any atom is 0.271 e. The van der Waals surface area contributed by atoms with E-state index in [1.165, 1.54) is 12.1 Å². The van der Waals surface area contributed by atoms with E-state index in [-0.39, 0.29) is 17.6 Å². The summed E-state index contributed by atoms with van der Waals surface area (Å²) in [6.07, 6.45) is 1.53. The molecule has 0 atom stereocenters. The average molecular weight is 328 g/mol. The van der Waals surface area contributed by atoms with Gasteiger partial charge < -0.3 is 10.6 Å². The number of carbonyl (C=O) groups excluding carboxylic acids is 1. The van der Waals surface area contributed by atoms with Gasteiger partial charge in [0.15, 0.2) is 0 Å². The molecule has 7 heteroatoms. The number of hydrogen-bond acceptors (Lipinski definition) is 4. The number of piperidine rings is 1. The van der Waals surface area contributed by atoms with Gasteiger partial charge in [0.05, 0.1) is 4.92 Å². The predicted octanol–water partition coefficient (Wildman–Crippen LogP) is 1.92. The zero-order valence-corrected chi connectivity index (χ0v) is 11.8. The van der Waals surface area contributed by atoms with Gasteiger partial charge in [0, 0.05) is 41.3 Å². The summed E-state index contributed by atoms with van der Waals surface area (Å²) in [6.45, 7) is 1.20. The van der Waals surface area contributed by atoms with Crippen molar-refractivity contribution in [3.63, 3.8) is 0 Å². The topological polar surface area (TPSA) is 89.5 Å². The second-order valence-corrected chi connectivity index (χ2v) is 5.50. The van der Waals surface area contributed by atoms with Crippen LogP contribution in [-0.4, -0.2) is 34.9 Å². The molecule has 1 fully saturated rings. The van der Waals surface area contributed by atoms with Crippen molar-refractivity contribution < 1.29 is 9.72 Å². The number of halogens is 1. The number of benzene rings is 1. The van der Waals surface area contributed by atoms with E-state index >= 15 is 0 Å². The van der Waals surface area contributed by atoms with Crippen LogP contribution in [0.1, 0.15) is 23.2 Å². The second-order valence-electron chi connectivity index (χ2n) is 4.58. The van der Waals surface area contributed by atoms with Crippen molar-refractivity contribution in [1.82, 2.24) is 4.90 Å². The molecule has 0 aliphatic carbocycles. The van der Waals surface area contributed by atoms with Gasteiger partial charge in [-0.05, 0) is 18.9 Å². The van der Waals surface area contributed by atoms with Crippen LogP contribution >= 0.6 is 15.9 Å². The van der Waals surface area contributed by atoms with E-state index in [9.17, 15) is 14.9 Å². The van der Waals surface area contributed by atoms with E-state index in [2.05, 4.69) is 15.9 Å². The van der Waals surface area contributed by atoms with Crippen LogP contribution < -0.4 is 5.73 Å². The molecule has 6 nitrogen and oxygen atoms in total. The van der Waals surface area contributed by atoms with Crippen molar-refractivity contribution in [1.29, 1.82) is 0 Å². The Balaban J connectivity index is 2.21. The maximum absolute atomic E-state index is 12.3. The molecule has 0 saturated carbocycles. The maximum atomic E-state index is 12.3. The first-order valence-corrected chi connectivity index (χ1v) is 6.76. The molecular weight excluding hydrogens is 314 g/mol. The number of nitro groups is 1. The first-order valence-electron chi connectivity index (χ1n) is 5.97. The molecule has 19 heavy (non-hydrogen) atoms. The molecule has 0 unspecified atom stereocenters. The Labute approximate surface area is 118 Å². The van der Waals surface area contributed by atoms with E-state index in [4.69, 9.17) is 5.73 Å². The molecule has 1 heterocycles. The van der Waals surface area contributed by atoms with Crippen LogP contribution in [0.2, 0.25) is 0 Å². The molecule has 1 aromatic carbocycles. The number of rotatable bonds is 2. The van der Waals surface area contributed by atoms with Crippen LogP contribution in [0.25, 0.3) is 0 Å². The Morgan fingerprint density at radius 3 is 2.58 bits per heavy atom. The fraction of sp³-hybridized carbons (Fsp3) is 0.417. The van der Waals surface area contributed by atoms with E-state index in [0.717, 1.165) is 12.8 Å². The molecule has 1 saturated heterocycles. The summed E-state index contributed by atoms with van der Waals surface area (Å²) in [5, 5.41) is 10.8. The summed E-state index contributed by atoms with van der Waals surface area (Å²) < 4.78 is 0.527. The molecule has 1 aliphatic heterocycles.